The average molecular weight is 473 g/mol. The van der Waals surface area contributed by atoms with Crippen LogP contribution in [-0.2, 0) is 16.0 Å². The molecule has 0 spiro atoms. The van der Waals surface area contributed by atoms with Gasteiger partial charge in [-0.25, -0.2) is 4.98 Å². The number of benzene rings is 3. The maximum atomic E-state index is 12.7. The molecule has 0 saturated heterocycles. The van der Waals surface area contributed by atoms with E-state index in [1.165, 1.54) is 4.70 Å². The van der Waals surface area contributed by atoms with Gasteiger partial charge >= 0.3 is 0 Å². The minimum absolute atomic E-state index is 0.162. The van der Waals surface area contributed by atoms with Crippen LogP contribution in [0.5, 0.6) is 5.75 Å². The van der Waals surface area contributed by atoms with Crippen LogP contribution in [-0.4, -0.2) is 28.9 Å². The number of nitrogens with one attached hydrogen (secondary N) is 3. The smallest absolute Gasteiger partial charge is 0.265 e. The molecular weight excluding hydrogens is 448 g/mol. The van der Waals surface area contributed by atoms with Crippen LogP contribution in [0.15, 0.2) is 66.7 Å². The third kappa shape index (κ3) is 4.72. The Bertz CT molecular complexity index is 1330. The van der Waals surface area contributed by atoms with E-state index in [0.717, 1.165) is 28.2 Å². The number of fused-ring (bicyclic) bond motifs is 2. The number of hydrogen-bond acceptors (Lipinski definition) is 6. The molecule has 1 aliphatic rings. The van der Waals surface area contributed by atoms with Crippen LogP contribution in [0.4, 0.5) is 17.1 Å². The molecule has 0 saturated carbocycles. The largest absolute Gasteiger partial charge is 0.479 e. The highest BCUT2D eigenvalue weighted by Crippen LogP contribution is 2.32. The molecule has 5 rings (SSSR count). The van der Waals surface area contributed by atoms with Crippen LogP contribution in [0.25, 0.3) is 10.2 Å². The van der Waals surface area contributed by atoms with Crippen molar-refractivity contribution in [2.45, 2.75) is 32.4 Å². The second-order valence-electron chi connectivity index (χ2n) is 8.26. The number of aromatic nitrogens is 1. The summed E-state index contributed by atoms with van der Waals surface area (Å²) in [5, 5.41) is 9.99. The fourth-order valence-electron chi connectivity index (χ4n) is 3.74. The summed E-state index contributed by atoms with van der Waals surface area (Å²) in [5.41, 5.74) is 4.19. The van der Waals surface area contributed by atoms with Gasteiger partial charge in [0.05, 0.1) is 20.9 Å². The Hall–Kier alpha value is -3.91. The van der Waals surface area contributed by atoms with E-state index in [1.54, 1.807) is 37.3 Å². The molecule has 1 aromatic heterocycles. The molecule has 2 amide bonds. The predicted octanol–water partition coefficient (Wildman–Crippen LogP) is 5.05. The highest BCUT2D eigenvalue weighted by molar-refractivity contribution is 7.18. The van der Waals surface area contributed by atoms with Gasteiger partial charge in [0.1, 0.15) is 11.8 Å². The number of thiazole rings is 1. The van der Waals surface area contributed by atoms with Crippen molar-refractivity contribution in [1.29, 1.82) is 0 Å². The Morgan fingerprint density at radius 2 is 1.88 bits per heavy atom. The zero-order chi connectivity index (χ0) is 23.7. The lowest BCUT2D eigenvalue weighted by atomic mass is 10.1. The lowest BCUT2D eigenvalue weighted by Crippen LogP contribution is -2.34. The molecule has 0 unspecified atom stereocenters. The van der Waals surface area contributed by atoms with Crippen LogP contribution < -0.4 is 20.7 Å². The summed E-state index contributed by atoms with van der Waals surface area (Å²) in [6.07, 6.45) is 0.228. The minimum atomic E-state index is -0.524. The molecule has 4 aromatic rings. The molecule has 0 aliphatic carbocycles. The Morgan fingerprint density at radius 3 is 2.68 bits per heavy atom. The highest BCUT2D eigenvalue weighted by atomic mass is 32.1. The summed E-state index contributed by atoms with van der Waals surface area (Å²) >= 11 is 1.70. The van der Waals surface area contributed by atoms with Gasteiger partial charge in [0.2, 0.25) is 5.91 Å². The first-order valence-corrected chi connectivity index (χ1v) is 11.9. The first-order valence-electron chi connectivity index (χ1n) is 11.1. The van der Waals surface area contributed by atoms with E-state index in [1.807, 2.05) is 48.5 Å². The van der Waals surface area contributed by atoms with Crippen LogP contribution in [0.1, 0.15) is 24.4 Å². The minimum Gasteiger partial charge on any atom is -0.479 e. The van der Waals surface area contributed by atoms with E-state index in [2.05, 4.69) is 27.0 Å². The van der Waals surface area contributed by atoms with Crippen molar-refractivity contribution in [3.8, 4) is 5.75 Å². The Balaban J connectivity index is 1.18. The maximum absolute atomic E-state index is 12.7. The Labute approximate surface area is 201 Å². The number of amides is 2. The fourth-order valence-corrected chi connectivity index (χ4v) is 4.74. The molecule has 8 heteroatoms. The number of anilines is 3. The van der Waals surface area contributed by atoms with Crippen LogP contribution >= 0.6 is 11.3 Å². The second-order valence-corrected chi connectivity index (χ2v) is 9.38. The van der Waals surface area contributed by atoms with Crippen molar-refractivity contribution in [2.24, 2.45) is 0 Å². The van der Waals surface area contributed by atoms with E-state index in [4.69, 9.17) is 4.74 Å². The molecule has 0 bridgehead atoms. The summed E-state index contributed by atoms with van der Waals surface area (Å²) in [7, 11) is 0. The fraction of sp³-hybridized carbons (Fsp3) is 0.192. The Kier molecular flexibility index (Phi) is 5.90. The molecular formula is C26H24N4O3S. The molecule has 2 heterocycles. The van der Waals surface area contributed by atoms with Crippen molar-refractivity contribution in [2.75, 3.05) is 16.0 Å². The lowest BCUT2D eigenvalue weighted by Gasteiger charge is -2.24. The third-order valence-corrected chi connectivity index (χ3v) is 6.64. The Morgan fingerprint density at radius 1 is 1.12 bits per heavy atom. The quantitative estimate of drug-likeness (QED) is 0.365. The van der Waals surface area contributed by atoms with Crippen molar-refractivity contribution in [3.63, 3.8) is 0 Å². The number of hydrogen-bond donors (Lipinski definition) is 3. The zero-order valence-electron chi connectivity index (χ0n) is 18.8. The first-order chi connectivity index (χ1) is 16.4. The first kappa shape index (κ1) is 21.9. The molecule has 3 aromatic carbocycles. The topological polar surface area (TPSA) is 92.4 Å². The molecule has 1 aliphatic heterocycles. The summed E-state index contributed by atoms with van der Waals surface area (Å²) in [5.74, 6) is 0.258. The number of nitrogens with zero attached hydrogens (tertiary/aromatic N) is 1. The molecule has 7 nitrogen and oxygen atoms in total. The molecule has 172 valence electrons. The predicted molar refractivity (Wildman–Crippen MR) is 136 cm³/mol. The molecule has 3 N–H and O–H groups in total. The number of para-hydroxylation sites is 1. The van der Waals surface area contributed by atoms with Crippen molar-refractivity contribution < 1.29 is 14.3 Å². The van der Waals surface area contributed by atoms with E-state index >= 15 is 0 Å². The average Bonchev–Trinajstić information content (AvgIpc) is 3.23. The van der Waals surface area contributed by atoms with Crippen molar-refractivity contribution >= 4 is 50.4 Å². The van der Waals surface area contributed by atoms with E-state index < -0.39 is 12.1 Å². The van der Waals surface area contributed by atoms with Crippen molar-refractivity contribution in [3.05, 3.63) is 77.3 Å². The highest BCUT2D eigenvalue weighted by Gasteiger charge is 2.24. The summed E-state index contributed by atoms with van der Waals surface area (Å²) in [4.78, 5) is 29.2. The SMILES string of the molecule is C[C@H](Nc1ccc2c(c1)NC(=O)[C@@H](C)O2)C(=O)Nc1ccc(Cc2nc3ccccc3s2)cc1. The van der Waals surface area contributed by atoms with Gasteiger partial charge < -0.3 is 20.7 Å². The van der Waals surface area contributed by atoms with Crippen LogP contribution in [0.2, 0.25) is 0 Å². The van der Waals surface area contributed by atoms with Gasteiger partial charge in [-0.15, -0.1) is 11.3 Å². The number of rotatable bonds is 6. The molecule has 2 atom stereocenters. The van der Waals surface area contributed by atoms with Crippen LogP contribution in [0, 0.1) is 0 Å². The molecule has 34 heavy (non-hydrogen) atoms. The van der Waals surface area contributed by atoms with E-state index in [0.29, 0.717) is 17.1 Å². The van der Waals surface area contributed by atoms with Gasteiger partial charge in [0.25, 0.3) is 5.91 Å². The summed E-state index contributed by atoms with van der Waals surface area (Å²) in [6, 6.07) is 20.8. The molecule has 0 fully saturated rings. The zero-order valence-corrected chi connectivity index (χ0v) is 19.6. The monoisotopic (exact) mass is 472 g/mol. The third-order valence-electron chi connectivity index (χ3n) is 5.60. The lowest BCUT2D eigenvalue weighted by molar-refractivity contribution is -0.122. The second kappa shape index (κ2) is 9.15. The van der Waals surface area contributed by atoms with Gasteiger partial charge in [-0.3, -0.25) is 9.59 Å². The maximum Gasteiger partial charge on any atom is 0.265 e. The number of carbonyl (C=O) groups is 2. The number of carbonyl (C=O) groups excluding carboxylic acids is 2. The van der Waals surface area contributed by atoms with Gasteiger partial charge in [-0.2, -0.15) is 0 Å². The number of ether oxygens (including phenoxy) is 1. The summed E-state index contributed by atoms with van der Waals surface area (Å²) < 4.78 is 6.76. The molecule has 0 radical (unpaired) electrons. The standard InChI is InChI=1S/C26H24N4O3S/c1-15(27-19-11-12-22-21(14-19)30-26(32)16(2)33-22)25(31)28-18-9-7-17(8-10-18)13-24-29-20-5-3-4-6-23(20)34-24/h3-12,14-16,27H,13H2,1-2H3,(H,28,31)(H,30,32)/t15-,16+/m0/s1. The van der Waals surface area contributed by atoms with E-state index in [-0.39, 0.29) is 11.8 Å². The summed E-state index contributed by atoms with van der Waals surface area (Å²) in [6.45, 7) is 3.48. The van der Waals surface area contributed by atoms with Gasteiger partial charge in [-0.05, 0) is 61.9 Å². The van der Waals surface area contributed by atoms with Gasteiger partial charge in [-0.1, -0.05) is 24.3 Å². The normalized spacial score (nSPS) is 15.7. The van der Waals surface area contributed by atoms with Gasteiger partial charge in [0.15, 0.2) is 6.10 Å². The van der Waals surface area contributed by atoms with Gasteiger partial charge in [0, 0.05) is 17.8 Å². The van der Waals surface area contributed by atoms with Crippen LogP contribution in [0.3, 0.4) is 0 Å². The van der Waals surface area contributed by atoms with E-state index in [9.17, 15) is 9.59 Å². The van der Waals surface area contributed by atoms with Crippen molar-refractivity contribution in [1.82, 2.24) is 4.98 Å².